The molecule has 0 unspecified atom stereocenters. The SMILES string of the molecule is NCc1cc2c(nc1-n1ccc(C(N)=O)n1)CCC2. The molecule has 1 aliphatic rings. The highest BCUT2D eigenvalue weighted by atomic mass is 16.1. The molecule has 1 amide bonds. The highest BCUT2D eigenvalue weighted by Crippen LogP contribution is 2.24. The molecule has 0 fully saturated rings. The summed E-state index contributed by atoms with van der Waals surface area (Å²) in [5.74, 6) is 0.143. The number of nitrogens with two attached hydrogens (primary N) is 2. The maximum Gasteiger partial charge on any atom is 0.269 e. The fraction of sp³-hybridized carbons (Fsp3) is 0.308. The molecule has 2 aromatic heterocycles. The Hall–Kier alpha value is -2.21. The average molecular weight is 257 g/mol. The van der Waals surface area contributed by atoms with Crippen molar-refractivity contribution in [3.8, 4) is 5.82 Å². The molecule has 2 aromatic rings. The molecule has 1 aliphatic carbocycles. The number of aryl methyl sites for hydroxylation is 2. The maximum atomic E-state index is 11.1. The third kappa shape index (κ3) is 2.00. The quantitative estimate of drug-likeness (QED) is 0.826. The van der Waals surface area contributed by atoms with Crippen LogP contribution in [-0.2, 0) is 19.4 Å². The van der Waals surface area contributed by atoms with Crippen LogP contribution in [0, 0.1) is 0 Å². The number of carbonyl (C=O) groups excluding carboxylic acids is 1. The number of pyridine rings is 1. The first-order valence-corrected chi connectivity index (χ1v) is 6.26. The summed E-state index contributed by atoms with van der Waals surface area (Å²) in [6.45, 7) is 0.390. The van der Waals surface area contributed by atoms with Gasteiger partial charge in [0.25, 0.3) is 5.91 Å². The van der Waals surface area contributed by atoms with Gasteiger partial charge < -0.3 is 11.5 Å². The van der Waals surface area contributed by atoms with Crippen molar-refractivity contribution in [2.45, 2.75) is 25.8 Å². The average Bonchev–Trinajstić information content (AvgIpc) is 3.05. The predicted octanol–water partition coefficient (Wildman–Crippen LogP) is 0.314. The lowest BCUT2D eigenvalue weighted by atomic mass is 10.1. The number of carbonyl (C=O) groups is 1. The smallest absolute Gasteiger partial charge is 0.269 e. The van der Waals surface area contributed by atoms with Crippen molar-refractivity contribution in [3.63, 3.8) is 0 Å². The number of fused-ring (bicyclic) bond motifs is 1. The molecule has 6 nitrogen and oxygen atoms in total. The Bertz CT molecular complexity index is 646. The summed E-state index contributed by atoms with van der Waals surface area (Å²) < 4.78 is 1.57. The van der Waals surface area contributed by atoms with E-state index in [4.69, 9.17) is 11.5 Å². The molecule has 2 heterocycles. The fourth-order valence-corrected chi connectivity index (χ4v) is 2.43. The van der Waals surface area contributed by atoms with E-state index in [-0.39, 0.29) is 5.69 Å². The van der Waals surface area contributed by atoms with Crippen molar-refractivity contribution in [2.24, 2.45) is 11.5 Å². The Morgan fingerprint density at radius 2 is 2.26 bits per heavy atom. The van der Waals surface area contributed by atoms with Crippen LogP contribution in [0.5, 0.6) is 0 Å². The molecule has 0 aliphatic heterocycles. The van der Waals surface area contributed by atoms with Crippen molar-refractivity contribution in [2.75, 3.05) is 0 Å². The van der Waals surface area contributed by atoms with E-state index in [9.17, 15) is 4.79 Å². The van der Waals surface area contributed by atoms with Gasteiger partial charge in [-0.05, 0) is 37.0 Å². The van der Waals surface area contributed by atoms with Crippen LogP contribution in [0.1, 0.15) is 33.7 Å². The predicted molar refractivity (Wildman–Crippen MR) is 69.8 cm³/mol. The van der Waals surface area contributed by atoms with E-state index in [1.807, 2.05) is 0 Å². The molecular formula is C13H15N5O. The molecule has 19 heavy (non-hydrogen) atoms. The summed E-state index contributed by atoms with van der Waals surface area (Å²) in [4.78, 5) is 15.7. The van der Waals surface area contributed by atoms with Crippen LogP contribution in [-0.4, -0.2) is 20.7 Å². The molecule has 4 N–H and O–H groups in total. The van der Waals surface area contributed by atoms with Crippen LogP contribution in [0.25, 0.3) is 5.82 Å². The van der Waals surface area contributed by atoms with Gasteiger partial charge in [0.1, 0.15) is 5.69 Å². The van der Waals surface area contributed by atoms with Crippen LogP contribution in [0.4, 0.5) is 0 Å². The third-order valence-corrected chi connectivity index (χ3v) is 3.39. The molecule has 3 rings (SSSR count). The van der Waals surface area contributed by atoms with Gasteiger partial charge in [-0.25, -0.2) is 9.67 Å². The largest absolute Gasteiger partial charge is 0.364 e. The zero-order valence-corrected chi connectivity index (χ0v) is 10.5. The first-order chi connectivity index (χ1) is 9.19. The zero-order chi connectivity index (χ0) is 13.4. The van der Waals surface area contributed by atoms with Crippen LogP contribution < -0.4 is 11.5 Å². The molecule has 98 valence electrons. The number of hydrogen-bond acceptors (Lipinski definition) is 4. The van der Waals surface area contributed by atoms with Gasteiger partial charge in [-0.2, -0.15) is 5.10 Å². The monoisotopic (exact) mass is 257 g/mol. The summed E-state index contributed by atoms with van der Waals surface area (Å²) in [5, 5.41) is 4.14. The topological polar surface area (TPSA) is 99.8 Å². The second-order valence-corrected chi connectivity index (χ2v) is 4.64. The van der Waals surface area contributed by atoms with Crippen molar-refractivity contribution in [1.29, 1.82) is 0 Å². The molecule has 0 aromatic carbocycles. The van der Waals surface area contributed by atoms with Crippen molar-refractivity contribution >= 4 is 5.91 Å². The van der Waals surface area contributed by atoms with E-state index >= 15 is 0 Å². The number of rotatable bonds is 3. The lowest BCUT2D eigenvalue weighted by Gasteiger charge is -2.10. The molecule has 6 heteroatoms. The van der Waals surface area contributed by atoms with Gasteiger partial charge >= 0.3 is 0 Å². The van der Waals surface area contributed by atoms with E-state index in [2.05, 4.69) is 16.1 Å². The van der Waals surface area contributed by atoms with Gasteiger partial charge in [-0.15, -0.1) is 0 Å². The van der Waals surface area contributed by atoms with Gasteiger partial charge in [-0.1, -0.05) is 0 Å². The summed E-state index contributed by atoms with van der Waals surface area (Å²) in [6, 6.07) is 3.67. The maximum absolute atomic E-state index is 11.1. The number of amides is 1. The van der Waals surface area contributed by atoms with Gasteiger partial charge in [-0.3, -0.25) is 4.79 Å². The van der Waals surface area contributed by atoms with Crippen LogP contribution in [0.3, 0.4) is 0 Å². The first-order valence-electron chi connectivity index (χ1n) is 6.26. The van der Waals surface area contributed by atoms with Crippen molar-refractivity contribution < 1.29 is 4.79 Å². The van der Waals surface area contributed by atoms with E-state index in [1.165, 1.54) is 5.56 Å². The van der Waals surface area contributed by atoms with E-state index in [0.717, 1.165) is 30.5 Å². The summed E-state index contributed by atoms with van der Waals surface area (Å²) in [6.07, 6.45) is 4.85. The number of primary amides is 1. The lowest BCUT2D eigenvalue weighted by molar-refractivity contribution is 0.0995. The minimum atomic E-state index is -0.547. The van der Waals surface area contributed by atoms with Crippen LogP contribution in [0.15, 0.2) is 18.3 Å². The highest BCUT2D eigenvalue weighted by Gasteiger charge is 2.17. The Morgan fingerprint density at radius 1 is 1.42 bits per heavy atom. The molecule has 0 atom stereocenters. The molecule has 0 saturated heterocycles. The fourth-order valence-electron chi connectivity index (χ4n) is 2.43. The van der Waals surface area contributed by atoms with Gasteiger partial charge in [0, 0.05) is 24.0 Å². The highest BCUT2D eigenvalue weighted by molar-refractivity contribution is 5.90. The molecule has 0 radical (unpaired) electrons. The summed E-state index contributed by atoms with van der Waals surface area (Å²) >= 11 is 0. The van der Waals surface area contributed by atoms with Crippen molar-refractivity contribution in [3.05, 3.63) is 40.8 Å². The van der Waals surface area contributed by atoms with Crippen LogP contribution in [0.2, 0.25) is 0 Å². The molecular weight excluding hydrogens is 242 g/mol. The molecule has 0 bridgehead atoms. The van der Waals surface area contributed by atoms with Gasteiger partial charge in [0.15, 0.2) is 5.82 Å². The Labute approximate surface area is 110 Å². The number of hydrogen-bond donors (Lipinski definition) is 2. The van der Waals surface area contributed by atoms with Crippen molar-refractivity contribution in [1.82, 2.24) is 14.8 Å². The Morgan fingerprint density at radius 3 is 2.95 bits per heavy atom. The second kappa shape index (κ2) is 4.47. The summed E-state index contributed by atoms with van der Waals surface area (Å²) in [5.41, 5.74) is 14.5. The molecule has 0 spiro atoms. The summed E-state index contributed by atoms with van der Waals surface area (Å²) in [7, 11) is 0. The number of nitrogens with zero attached hydrogens (tertiary/aromatic N) is 3. The number of aromatic nitrogens is 3. The van der Waals surface area contributed by atoms with Gasteiger partial charge in [0.2, 0.25) is 0 Å². The minimum Gasteiger partial charge on any atom is -0.364 e. The standard InChI is InChI=1S/C13H15N5O/c14-7-9-6-8-2-1-3-10(8)16-13(9)18-5-4-11(17-18)12(15)19/h4-6H,1-3,7,14H2,(H2,15,19). The third-order valence-electron chi connectivity index (χ3n) is 3.39. The normalized spacial score (nSPS) is 13.5. The zero-order valence-electron chi connectivity index (χ0n) is 10.5. The van der Waals surface area contributed by atoms with E-state index in [1.54, 1.807) is 16.9 Å². The van der Waals surface area contributed by atoms with E-state index in [0.29, 0.717) is 12.4 Å². The van der Waals surface area contributed by atoms with Gasteiger partial charge in [0.05, 0.1) is 0 Å². The second-order valence-electron chi connectivity index (χ2n) is 4.64. The lowest BCUT2D eigenvalue weighted by Crippen LogP contribution is -2.14. The Balaban J connectivity index is 2.10. The molecule has 0 saturated carbocycles. The van der Waals surface area contributed by atoms with Crippen LogP contribution >= 0.6 is 0 Å². The Kier molecular flexibility index (Phi) is 2.79. The van der Waals surface area contributed by atoms with E-state index < -0.39 is 5.91 Å². The minimum absolute atomic E-state index is 0.227. The first kappa shape index (κ1) is 11.9.